The number of aliphatic hydroxyl groups is 1. The third-order valence-electron chi connectivity index (χ3n) is 4.09. The molecule has 0 heterocycles. The van der Waals surface area contributed by atoms with Crippen LogP contribution in [0, 0.1) is 5.92 Å². The number of hydrogen-bond donors (Lipinski definition) is 1. The summed E-state index contributed by atoms with van der Waals surface area (Å²) in [5, 5.41) is 10.9. The SMILES string of the molecule is CCC(O)(c1ccccc1)C1CCCCC1. The molecule has 16 heavy (non-hydrogen) atoms. The van der Waals surface area contributed by atoms with E-state index in [-0.39, 0.29) is 0 Å². The maximum atomic E-state index is 10.9. The van der Waals surface area contributed by atoms with Crippen molar-refractivity contribution in [1.82, 2.24) is 0 Å². The Labute approximate surface area is 98.5 Å². The van der Waals surface area contributed by atoms with Gasteiger partial charge in [0.25, 0.3) is 0 Å². The predicted octanol–water partition coefficient (Wildman–Crippen LogP) is 3.86. The number of hydrogen-bond acceptors (Lipinski definition) is 1. The van der Waals surface area contributed by atoms with Crippen LogP contribution in [0.5, 0.6) is 0 Å². The maximum Gasteiger partial charge on any atom is 0.0921 e. The Morgan fingerprint density at radius 1 is 1.12 bits per heavy atom. The lowest BCUT2D eigenvalue weighted by Gasteiger charge is -2.38. The molecule has 1 nitrogen and oxygen atoms in total. The zero-order valence-corrected chi connectivity index (χ0v) is 10.2. The summed E-state index contributed by atoms with van der Waals surface area (Å²) in [7, 11) is 0. The molecule has 1 unspecified atom stereocenters. The molecule has 1 aliphatic rings. The summed E-state index contributed by atoms with van der Waals surface area (Å²) in [6, 6.07) is 10.2. The summed E-state index contributed by atoms with van der Waals surface area (Å²) in [5.41, 5.74) is 0.506. The number of rotatable bonds is 3. The van der Waals surface area contributed by atoms with Gasteiger partial charge in [0.2, 0.25) is 0 Å². The van der Waals surface area contributed by atoms with Crippen LogP contribution in [0.2, 0.25) is 0 Å². The van der Waals surface area contributed by atoms with Crippen LogP contribution in [-0.4, -0.2) is 5.11 Å². The Kier molecular flexibility index (Phi) is 3.65. The smallest absolute Gasteiger partial charge is 0.0921 e. The summed E-state index contributed by atoms with van der Waals surface area (Å²) in [6.07, 6.45) is 7.07. The Morgan fingerprint density at radius 2 is 1.75 bits per heavy atom. The van der Waals surface area contributed by atoms with Gasteiger partial charge in [-0.3, -0.25) is 0 Å². The fourth-order valence-electron chi connectivity index (χ4n) is 3.04. The topological polar surface area (TPSA) is 20.2 Å². The number of benzene rings is 1. The van der Waals surface area contributed by atoms with E-state index in [4.69, 9.17) is 0 Å². The molecule has 1 fully saturated rings. The molecule has 1 saturated carbocycles. The molecule has 0 saturated heterocycles. The lowest BCUT2D eigenvalue weighted by molar-refractivity contribution is -0.0421. The quantitative estimate of drug-likeness (QED) is 0.816. The Morgan fingerprint density at radius 3 is 2.31 bits per heavy atom. The van der Waals surface area contributed by atoms with Crippen molar-refractivity contribution in [3.63, 3.8) is 0 Å². The minimum Gasteiger partial charge on any atom is -0.385 e. The maximum absolute atomic E-state index is 10.9. The van der Waals surface area contributed by atoms with E-state index in [0.29, 0.717) is 5.92 Å². The van der Waals surface area contributed by atoms with Crippen LogP contribution in [0.25, 0.3) is 0 Å². The van der Waals surface area contributed by atoms with E-state index in [2.05, 4.69) is 19.1 Å². The van der Waals surface area contributed by atoms with E-state index < -0.39 is 5.60 Å². The fraction of sp³-hybridized carbons (Fsp3) is 0.600. The monoisotopic (exact) mass is 218 g/mol. The van der Waals surface area contributed by atoms with Crippen molar-refractivity contribution in [3.05, 3.63) is 35.9 Å². The first-order valence-electron chi connectivity index (χ1n) is 6.55. The van der Waals surface area contributed by atoms with Gasteiger partial charge in [-0.15, -0.1) is 0 Å². The van der Waals surface area contributed by atoms with E-state index in [9.17, 15) is 5.11 Å². The summed E-state index contributed by atoms with van der Waals surface area (Å²) in [6.45, 7) is 2.10. The highest BCUT2D eigenvalue weighted by Crippen LogP contribution is 2.41. The van der Waals surface area contributed by atoms with Crippen molar-refractivity contribution in [3.8, 4) is 0 Å². The first-order valence-corrected chi connectivity index (χ1v) is 6.55. The van der Waals surface area contributed by atoms with Crippen LogP contribution in [0.4, 0.5) is 0 Å². The average molecular weight is 218 g/mol. The van der Waals surface area contributed by atoms with Gasteiger partial charge >= 0.3 is 0 Å². The van der Waals surface area contributed by atoms with E-state index in [1.54, 1.807) is 0 Å². The lowest BCUT2D eigenvalue weighted by atomic mass is 9.72. The van der Waals surface area contributed by atoms with Crippen molar-refractivity contribution in [2.24, 2.45) is 5.92 Å². The summed E-state index contributed by atoms with van der Waals surface area (Å²) in [4.78, 5) is 0. The molecule has 1 atom stereocenters. The average Bonchev–Trinajstić information content (AvgIpc) is 2.40. The normalized spacial score (nSPS) is 21.6. The van der Waals surface area contributed by atoms with Gasteiger partial charge in [-0.05, 0) is 30.7 Å². The van der Waals surface area contributed by atoms with Gasteiger partial charge < -0.3 is 5.11 Å². The molecular weight excluding hydrogens is 196 g/mol. The van der Waals surface area contributed by atoms with Crippen LogP contribution in [0.1, 0.15) is 51.0 Å². The van der Waals surface area contributed by atoms with Crippen LogP contribution in [0.15, 0.2) is 30.3 Å². The molecule has 0 radical (unpaired) electrons. The molecule has 1 aromatic carbocycles. The van der Waals surface area contributed by atoms with Crippen LogP contribution in [-0.2, 0) is 5.60 Å². The standard InChI is InChI=1S/C15H22O/c1-2-15(16,13-9-5-3-6-10-13)14-11-7-4-8-12-14/h3,5-6,9-10,14,16H,2,4,7-8,11-12H2,1H3. The molecule has 1 aliphatic carbocycles. The molecular formula is C15H22O. The predicted molar refractivity (Wildman–Crippen MR) is 67.2 cm³/mol. The van der Waals surface area contributed by atoms with Gasteiger partial charge in [0, 0.05) is 0 Å². The molecule has 1 N–H and O–H groups in total. The Hall–Kier alpha value is -0.820. The second kappa shape index (κ2) is 5.01. The second-order valence-electron chi connectivity index (χ2n) is 4.98. The van der Waals surface area contributed by atoms with Crippen molar-refractivity contribution in [1.29, 1.82) is 0 Å². The highest BCUT2D eigenvalue weighted by atomic mass is 16.3. The largest absolute Gasteiger partial charge is 0.385 e. The molecule has 0 bridgehead atoms. The fourth-order valence-corrected chi connectivity index (χ4v) is 3.04. The van der Waals surface area contributed by atoms with Crippen LogP contribution >= 0.6 is 0 Å². The van der Waals surface area contributed by atoms with E-state index in [1.807, 2.05) is 18.2 Å². The van der Waals surface area contributed by atoms with Crippen molar-refractivity contribution >= 4 is 0 Å². The van der Waals surface area contributed by atoms with Gasteiger partial charge in [-0.1, -0.05) is 56.5 Å². The van der Waals surface area contributed by atoms with E-state index in [0.717, 1.165) is 12.0 Å². The minimum absolute atomic E-state index is 0.452. The minimum atomic E-state index is -0.596. The van der Waals surface area contributed by atoms with Gasteiger partial charge in [0.1, 0.15) is 0 Å². The second-order valence-corrected chi connectivity index (χ2v) is 4.98. The van der Waals surface area contributed by atoms with Gasteiger partial charge in [0.05, 0.1) is 5.60 Å². The highest BCUT2D eigenvalue weighted by Gasteiger charge is 2.36. The Balaban J connectivity index is 2.24. The van der Waals surface area contributed by atoms with E-state index in [1.165, 1.54) is 32.1 Å². The van der Waals surface area contributed by atoms with Crippen molar-refractivity contribution in [2.75, 3.05) is 0 Å². The van der Waals surface area contributed by atoms with E-state index >= 15 is 0 Å². The highest BCUT2D eigenvalue weighted by molar-refractivity contribution is 5.23. The molecule has 2 rings (SSSR count). The zero-order chi connectivity index (χ0) is 11.4. The van der Waals surface area contributed by atoms with Crippen LogP contribution < -0.4 is 0 Å². The van der Waals surface area contributed by atoms with Crippen molar-refractivity contribution < 1.29 is 5.11 Å². The molecule has 1 aromatic rings. The van der Waals surface area contributed by atoms with Crippen LogP contribution in [0.3, 0.4) is 0 Å². The van der Waals surface area contributed by atoms with Gasteiger partial charge in [0.15, 0.2) is 0 Å². The Bertz CT molecular complexity index is 313. The third-order valence-corrected chi connectivity index (χ3v) is 4.09. The first kappa shape index (κ1) is 11.7. The third kappa shape index (κ3) is 2.15. The van der Waals surface area contributed by atoms with Gasteiger partial charge in [-0.2, -0.15) is 0 Å². The van der Waals surface area contributed by atoms with Crippen molar-refractivity contribution in [2.45, 2.75) is 51.0 Å². The molecule has 1 heteroatoms. The molecule has 0 spiro atoms. The lowest BCUT2D eigenvalue weighted by Crippen LogP contribution is -2.35. The molecule has 88 valence electrons. The molecule has 0 aromatic heterocycles. The van der Waals surface area contributed by atoms with Gasteiger partial charge in [-0.25, -0.2) is 0 Å². The first-order chi connectivity index (χ1) is 7.77. The molecule has 0 aliphatic heterocycles. The summed E-state index contributed by atoms with van der Waals surface area (Å²) >= 11 is 0. The zero-order valence-electron chi connectivity index (χ0n) is 10.2. The summed E-state index contributed by atoms with van der Waals surface area (Å²) < 4.78 is 0. The summed E-state index contributed by atoms with van der Waals surface area (Å²) in [5.74, 6) is 0.452. The molecule has 0 amide bonds.